The Morgan fingerprint density at radius 3 is 2.90 bits per heavy atom. The average Bonchev–Trinajstić information content (AvgIpc) is 2.55. The lowest BCUT2D eigenvalue weighted by atomic mass is 9.79. The van der Waals surface area contributed by atoms with Gasteiger partial charge in [-0.05, 0) is 12.8 Å². The first kappa shape index (κ1) is 14.3. The van der Waals surface area contributed by atoms with Crippen LogP contribution in [0.5, 0.6) is 0 Å². The third kappa shape index (κ3) is 2.72. The molecule has 21 heavy (non-hydrogen) atoms. The quantitative estimate of drug-likeness (QED) is 0.830. The van der Waals surface area contributed by atoms with Crippen molar-refractivity contribution >= 4 is 11.8 Å². The van der Waals surface area contributed by atoms with E-state index in [-0.39, 0.29) is 11.2 Å². The molecule has 0 atom stereocenters. The van der Waals surface area contributed by atoms with E-state index < -0.39 is 5.97 Å². The van der Waals surface area contributed by atoms with Crippen molar-refractivity contribution in [1.29, 1.82) is 0 Å². The van der Waals surface area contributed by atoms with Crippen LogP contribution >= 0.6 is 0 Å². The zero-order valence-electron chi connectivity index (χ0n) is 12.5. The molecule has 1 aromatic heterocycles. The number of carbonyl (C=O) groups excluding carboxylic acids is 1. The van der Waals surface area contributed by atoms with Crippen LogP contribution in [0.4, 0.5) is 5.82 Å². The maximum Gasteiger partial charge on any atom is 0.358 e. The molecule has 1 saturated carbocycles. The van der Waals surface area contributed by atoms with Crippen LogP contribution in [0, 0.1) is 0 Å². The van der Waals surface area contributed by atoms with E-state index in [1.807, 2.05) is 0 Å². The maximum atomic E-state index is 11.7. The smallest absolute Gasteiger partial charge is 0.358 e. The Morgan fingerprint density at radius 2 is 2.14 bits per heavy atom. The van der Waals surface area contributed by atoms with Gasteiger partial charge in [0.2, 0.25) is 0 Å². The molecule has 1 aromatic rings. The Balaban J connectivity index is 1.91. The number of anilines is 1. The summed E-state index contributed by atoms with van der Waals surface area (Å²) in [6.45, 7) is 2.82. The fraction of sp³-hybridized carbons (Fsp3) is 0.667. The first-order valence-corrected chi connectivity index (χ1v) is 7.64. The molecule has 1 saturated heterocycles. The first-order valence-electron chi connectivity index (χ1n) is 7.64. The second kappa shape index (κ2) is 5.97. The van der Waals surface area contributed by atoms with Crippen molar-refractivity contribution in [2.24, 2.45) is 0 Å². The molecule has 2 aliphatic rings. The highest BCUT2D eigenvalue weighted by atomic mass is 16.5. The Kier molecular flexibility index (Phi) is 4.05. The minimum absolute atomic E-state index is 0.125. The summed E-state index contributed by atoms with van der Waals surface area (Å²) < 4.78 is 4.74. The molecule has 0 unspecified atom stereocenters. The van der Waals surface area contributed by atoms with Crippen molar-refractivity contribution in [2.45, 2.75) is 37.6 Å². The van der Waals surface area contributed by atoms with Crippen molar-refractivity contribution in [1.82, 2.24) is 15.3 Å². The van der Waals surface area contributed by atoms with Crippen molar-refractivity contribution in [2.75, 3.05) is 31.6 Å². The maximum absolute atomic E-state index is 11.7. The molecule has 0 amide bonds. The standard InChI is InChI=1S/C15H22N4O2/c1-21-14(20)12-9-17-10-13(18-12)19-8-7-16-11-15(19)5-3-2-4-6-15/h9-10,16H,2-8,11H2,1H3. The number of nitrogens with zero attached hydrogens (tertiary/aromatic N) is 3. The van der Waals surface area contributed by atoms with Gasteiger partial charge in [0.15, 0.2) is 5.69 Å². The number of methoxy groups -OCH3 is 1. The monoisotopic (exact) mass is 290 g/mol. The van der Waals surface area contributed by atoms with Crippen LogP contribution in [-0.4, -0.2) is 48.2 Å². The van der Waals surface area contributed by atoms with Gasteiger partial charge >= 0.3 is 5.97 Å². The summed E-state index contributed by atoms with van der Waals surface area (Å²) in [4.78, 5) is 22.7. The van der Waals surface area contributed by atoms with Crippen LogP contribution in [0.3, 0.4) is 0 Å². The Morgan fingerprint density at radius 1 is 1.33 bits per heavy atom. The predicted octanol–water partition coefficient (Wildman–Crippen LogP) is 1.38. The minimum atomic E-state index is -0.433. The lowest BCUT2D eigenvalue weighted by molar-refractivity contribution is 0.0593. The van der Waals surface area contributed by atoms with Crippen LogP contribution in [0.15, 0.2) is 12.4 Å². The molecule has 1 spiro atoms. The summed E-state index contributed by atoms with van der Waals surface area (Å²) in [5, 5.41) is 3.51. The van der Waals surface area contributed by atoms with Crippen LogP contribution < -0.4 is 10.2 Å². The van der Waals surface area contributed by atoms with E-state index in [4.69, 9.17) is 4.74 Å². The fourth-order valence-corrected chi connectivity index (χ4v) is 3.55. The van der Waals surface area contributed by atoms with Crippen LogP contribution in [0.25, 0.3) is 0 Å². The molecule has 6 heteroatoms. The third-order valence-corrected chi connectivity index (χ3v) is 4.62. The Labute approximate surface area is 124 Å². The van der Waals surface area contributed by atoms with E-state index in [1.54, 1.807) is 6.20 Å². The van der Waals surface area contributed by atoms with Gasteiger partial charge in [-0.3, -0.25) is 4.98 Å². The molecule has 2 fully saturated rings. The van der Waals surface area contributed by atoms with Crippen molar-refractivity contribution < 1.29 is 9.53 Å². The van der Waals surface area contributed by atoms with Gasteiger partial charge in [-0.25, -0.2) is 9.78 Å². The molecule has 6 nitrogen and oxygen atoms in total. The normalized spacial score (nSPS) is 21.3. The number of carbonyl (C=O) groups is 1. The zero-order chi connectivity index (χ0) is 14.7. The number of hydrogen-bond donors (Lipinski definition) is 1. The lowest BCUT2D eigenvalue weighted by Gasteiger charge is -2.50. The number of esters is 1. The zero-order valence-corrected chi connectivity index (χ0v) is 12.5. The Bertz CT molecular complexity index is 506. The Hall–Kier alpha value is -1.69. The molecule has 0 bridgehead atoms. The molecule has 1 aliphatic carbocycles. The van der Waals surface area contributed by atoms with Crippen LogP contribution in [-0.2, 0) is 4.74 Å². The lowest BCUT2D eigenvalue weighted by Crippen LogP contribution is -2.62. The first-order chi connectivity index (χ1) is 10.2. The molecule has 2 heterocycles. The minimum Gasteiger partial charge on any atom is -0.464 e. The summed E-state index contributed by atoms with van der Waals surface area (Å²) >= 11 is 0. The number of ether oxygens (including phenoxy) is 1. The van der Waals surface area contributed by atoms with Crippen LogP contribution in [0.2, 0.25) is 0 Å². The van der Waals surface area contributed by atoms with Gasteiger partial charge in [-0.1, -0.05) is 19.3 Å². The predicted molar refractivity (Wildman–Crippen MR) is 79.4 cm³/mol. The fourth-order valence-electron chi connectivity index (χ4n) is 3.55. The van der Waals surface area contributed by atoms with Gasteiger partial charge < -0.3 is 15.0 Å². The van der Waals surface area contributed by atoms with E-state index in [1.165, 1.54) is 45.4 Å². The molecule has 1 aliphatic heterocycles. The molecule has 0 aromatic carbocycles. The summed E-state index contributed by atoms with van der Waals surface area (Å²) in [6.07, 6.45) is 9.38. The topological polar surface area (TPSA) is 67.3 Å². The number of hydrogen-bond acceptors (Lipinski definition) is 6. The van der Waals surface area contributed by atoms with Crippen molar-refractivity contribution in [3.05, 3.63) is 18.1 Å². The third-order valence-electron chi connectivity index (χ3n) is 4.62. The molecular formula is C15H22N4O2. The average molecular weight is 290 g/mol. The van der Waals surface area contributed by atoms with E-state index >= 15 is 0 Å². The van der Waals surface area contributed by atoms with E-state index in [0.29, 0.717) is 0 Å². The van der Waals surface area contributed by atoms with E-state index in [2.05, 4.69) is 20.2 Å². The summed E-state index contributed by atoms with van der Waals surface area (Å²) in [7, 11) is 1.37. The van der Waals surface area contributed by atoms with E-state index in [0.717, 1.165) is 25.5 Å². The summed E-state index contributed by atoms with van der Waals surface area (Å²) in [5.74, 6) is 0.360. The van der Waals surface area contributed by atoms with Gasteiger partial charge in [0.1, 0.15) is 5.82 Å². The summed E-state index contributed by atoms with van der Waals surface area (Å²) in [6, 6.07) is 0. The van der Waals surface area contributed by atoms with Gasteiger partial charge in [0.05, 0.1) is 25.0 Å². The number of nitrogens with one attached hydrogen (secondary N) is 1. The van der Waals surface area contributed by atoms with Gasteiger partial charge in [-0.15, -0.1) is 0 Å². The second-order valence-electron chi connectivity index (χ2n) is 5.87. The highest BCUT2D eigenvalue weighted by Gasteiger charge is 2.40. The summed E-state index contributed by atoms with van der Waals surface area (Å²) in [5.41, 5.74) is 0.402. The van der Waals surface area contributed by atoms with Gasteiger partial charge in [0.25, 0.3) is 0 Å². The second-order valence-corrected chi connectivity index (χ2v) is 5.87. The molecular weight excluding hydrogens is 268 g/mol. The highest BCUT2D eigenvalue weighted by Crippen LogP contribution is 2.36. The van der Waals surface area contributed by atoms with E-state index in [9.17, 15) is 4.79 Å². The van der Waals surface area contributed by atoms with Crippen molar-refractivity contribution in [3.8, 4) is 0 Å². The highest BCUT2D eigenvalue weighted by molar-refractivity contribution is 5.87. The van der Waals surface area contributed by atoms with Gasteiger partial charge in [0, 0.05) is 19.6 Å². The number of aromatic nitrogens is 2. The molecule has 3 rings (SSSR count). The number of rotatable bonds is 2. The molecule has 114 valence electrons. The van der Waals surface area contributed by atoms with Crippen molar-refractivity contribution in [3.63, 3.8) is 0 Å². The van der Waals surface area contributed by atoms with Crippen LogP contribution in [0.1, 0.15) is 42.6 Å². The largest absolute Gasteiger partial charge is 0.464 e. The molecule has 0 radical (unpaired) electrons. The van der Waals surface area contributed by atoms with Gasteiger partial charge in [-0.2, -0.15) is 0 Å². The molecule has 1 N–H and O–H groups in total. The SMILES string of the molecule is COC(=O)c1cncc(N2CCNCC23CCCCC3)n1. The number of piperazine rings is 1.